The van der Waals surface area contributed by atoms with Crippen molar-refractivity contribution in [3.05, 3.63) is 53.1 Å². The minimum Gasteiger partial charge on any atom is -0.454 e. The number of hydrogen-bond donors (Lipinski definition) is 3. The fourth-order valence-corrected chi connectivity index (χ4v) is 4.67. The van der Waals surface area contributed by atoms with Crippen LogP contribution in [0.3, 0.4) is 0 Å². The molecule has 0 radical (unpaired) electrons. The first-order chi connectivity index (χ1) is 14.5. The van der Waals surface area contributed by atoms with E-state index in [-0.39, 0.29) is 36.6 Å². The van der Waals surface area contributed by atoms with E-state index in [9.17, 15) is 9.59 Å². The van der Waals surface area contributed by atoms with E-state index in [4.69, 9.17) is 21.1 Å². The van der Waals surface area contributed by atoms with E-state index in [0.29, 0.717) is 28.0 Å². The van der Waals surface area contributed by atoms with Crippen LogP contribution in [-0.4, -0.2) is 30.1 Å². The molecule has 7 nitrogen and oxygen atoms in total. The van der Waals surface area contributed by atoms with E-state index in [1.165, 1.54) is 0 Å². The lowest BCUT2D eigenvalue weighted by Crippen LogP contribution is -2.59. The molecule has 0 saturated carbocycles. The van der Waals surface area contributed by atoms with Gasteiger partial charge in [-0.3, -0.25) is 14.9 Å². The number of amides is 2. The Morgan fingerprint density at radius 2 is 2.07 bits per heavy atom. The molecule has 0 spiro atoms. The summed E-state index contributed by atoms with van der Waals surface area (Å²) < 4.78 is 10.6. The number of thioether (sulfide) groups is 1. The number of rotatable bonds is 6. The van der Waals surface area contributed by atoms with Gasteiger partial charge in [-0.05, 0) is 36.8 Å². The van der Waals surface area contributed by atoms with Crippen LogP contribution >= 0.6 is 23.4 Å². The maximum atomic E-state index is 12.6. The van der Waals surface area contributed by atoms with Gasteiger partial charge in [0.25, 0.3) is 0 Å². The topological polar surface area (TPSA) is 88.7 Å². The van der Waals surface area contributed by atoms with Crippen molar-refractivity contribution >= 4 is 40.9 Å². The molecule has 1 saturated heterocycles. The Morgan fingerprint density at radius 1 is 1.23 bits per heavy atom. The van der Waals surface area contributed by atoms with E-state index < -0.39 is 5.92 Å². The van der Waals surface area contributed by atoms with Gasteiger partial charge in [0.15, 0.2) is 11.5 Å². The van der Waals surface area contributed by atoms with Crippen molar-refractivity contribution in [3.8, 4) is 11.5 Å². The summed E-state index contributed by atoms with van der Waals surface area (Å²) in [6.45, 7) is 2.10. The Bertz CT molecular complexity index is 958. The molecule has 2 heterocycles. The molecule has 0 bridgehead atoms. The molecule has 9 heteroatoms. The van der Waals surface area contributed by atoms with Crippen molar-refractivity contribution in [2.75, 3.05) is 12.1 Å². The van der Waals surface area contributed by atoms with Gasteiger partial charge in [-0.2, -0.15) is 0 Å². The zero-order chi connectivity index (χ0) is 21.1. The zero-order valence-electron chi connectivity index (χ0n) is 16.3. The van der Waals surface area contributed by atoms with Crippen molar-refractivity contribution < 1.29 is 19.1 Å². The Hall–Kier alpha value is -2.42. The highest BCUT2D eigenvalue weighted by Crippen LogP contribution is 2.34. The molecular weight excluding hydrogens is 426 g/mol. The van der Waals surface area contributed by atoms with Gasteiger partial charge >= 0.3 is 0 Å². The molecule has 0 aromatic heterocycles. The summed E-state index contributed by atoms with van der Waals surface area (Å²) >= 11 is 7.59. The van der Waals surface area contributed by atoms with E-state index in [2.05, 4.69) is 16.0 Å². The lowest BCUT2D eigenvalue weighted by atomic mass is 9.94. The number of halogens is 1. The largest absolute Gasteiger partial charge is 0.454 e. The number of ether oxygens (including phenoxy) is 2. The molecular formula is C21H22ClN3O4S. The predicted molar refractivity (Wildman–Crippen MR) is 117 cm³/mol. The number of anilines is 1. The molecule has 4 rings (SSSR count). The van der Waals surface area contributed by atoms with Crippen molar-refractivity contribution in [1.82, 2.24) is 10.6 Å². The number of nitrogens with one attached hydrogen (secondary N) is 3. The highest BCUT2D eigenvalue weighted by Gasteiger charge is 2.35. The van der Waals surface area contributed by atoms with Crippen LogP contribution in [0.4, 0.5) is 5.69 Å². The highest BCUT2D eigenvalue weighted by atomic mass is 35.5. The Kier molecular flexibility index (Phi) is 6.36. The SMILES string of the molecule is CC1NC(SCc2cccc(Cl)c2)NC(=O)C1CC(=O)Nc1ccc2c(c1)OCO2. The molecule has 3 N–H and O–H groups in total. The van der Waals surface area contributed by atoms with Gasteiger partial charge in [-0.1, -0.05) is 23.7 Å². The van der Waals surface area contributed by atoms with Crippen LogP contribution in [0.2, 0.25) is 5.02 Å². The average molecular weight is 448 g/mol. The van der Waals surface area contributed by atoms with Crippen molar-refractivity contribution in [1.29, 1.82) is 0 Å². The molecule has 158 valence electrons. The fraction of sp³-hybridized carbons (Fsp3) is 0.333. The molecule has 3 atom stereocenters. The number of carbonyl (C=O) groups is 2. The third kappa shape index (κ3) is 5.00. The number of hydrogen-bond acceptors (Lipinski definition) is 6. The number of fused-ring (bicyclic) bond motifs is 1. The van der Waals surface area contributed by atoms with Crippen LogP contribution in [0.15, 0.2) is 42.5 Å². The van der Waals surface area contributed by atoms with Crippen LogP contribution in [0.1, 0.15) is 18.9 Å². The fourth-order valence-electron chi connectivity index (χ4n) is 3.41. The molecule has 2 aliphatic heterocycles. The number of benzene rings is 2. The van der Waals surface area contributed by atoms with E-state index in [1.807, 2.05) is 31.2 Å². The molecule has 30 heavy (non-hydrogen) atoms. The first kappa shape index (κ1) is 20.8. The summed E-state index contributed by atoms with van der Waals surface area (Å²) in [6.07, 6.45) is 0.0835. The normalized spacial score (nSPS) is 22.5. The maximum Gasteiger partial charge on any atom is 0.231 e. The van der Waals surface area contributed by atoms with Crippen molar-refractivity contribution in [3.63, 3.8) is 0 Å². The minimum atomic E-state index is -0.456. The Morgan fingerprint density at radius 3 is 2.87 bits per heavy atom. The van der Waals surface area contributed by atoms with Gasteiger partial charge in [0, 0.05) is 35.0 Å². The smallest absolute Gasteiger partial charge is 0.231 e. The van der Waals surface area contributed by atoms with Gasteiger partial charge in [0.2, 0.25) is 18.6 Å². The second-order valence-electron chi connectivity index (χ2n) is 7.21. The van der Waals surface area contributed by atoms with Crippen molar-refractivity contribution in [2.24, 2.45) is 5.92 Å². The van der Waals surface area contributed by atoms with E-state index >= 15 is 0 Å². The Labute approximate surface area is 183 Å². The first-order valence-corrected chi connectivity index (χ1v) is 11.0. The van der Waals surface area contributed by atoms with Crippen molar-refractivity contribution in [2.45, 2.75) is 30.6 Å². The quantitative estimate of drug-likeness (QED) is 0.629. The second kappa shape index (κ2) is 9.16. The van der Waals surface area contributed by atoms with Crippen LogP contribution in [-0.2, 0) is 15.3 Å². The third-order valence-electron chi connectivity index (χ3n) is 5.00. The van der Waals surface area contributed by atoms with Crippen LogP contribution in [0, 0.1) is 5.92 Å². The third-order valence-corrected chi connectivity index (χ3v) is 6.32. The van der Waals surface area contributed by atoms with Gasteiger partial charge in [-0.15, -0.1) is 11.8 Å². The average Bonchev–Trinajstić information content (AvgIpc) is 3.17. The summed E-state index contributed by atoms with van der Waals surface area (Å²) in [6, 6.07) is 12.7. The molecule has 2 aromatic carbocycles. The lowest BCUT2D eigenvalue weighted by Gasteiger charge is -2.35. The number of carbonyl (C=O) groups excluding carboxylic acids is 2. The van der Waals surface area contributed by atoms with Gasteiger partial charge in [-0.25, -0.2) is 0 Å². The van der Waals surface area contributed by atoms with Gasteiger partial charge in [0.1, 0.15) is 5.50 Å². The van der Waals surface area contributed by atoms with E-state index in [1.54, 1.807) is 30.0 Å². The molecule has 2 aromatic rings. The molecule has 2 aliphatic rings. The van der Waals surface area contributed by atoms with E-state index in [0.717, 1.165) is 5.56 Å². The lowest BCUT2D eigenvalue weighted by molar-refractivity contribution is -0.131. The highest BCUT2D eigenvalue weighted by molar-refractivity contribution is 7.99. The van der Waals surface area contributed by atoms with Crippen LogP contribution < -0.4 is 25.4 Å². The summed E-state index contributed by atoms with van der Waals surface area (Å²) in [4.78, 5) is 25.1. The predicted octanol–water partition coefficient (Wildman–Crippen LogP) is 3.34. The summed E-state index contributed by atoms with van der Waals surface area (Å²) in [5.74, 6) is 1.14. The standard InChI is InChI=1S/C21H22ClN3O4S/c1-12-16(9-19(26)24-15-5-6-17-18(8-15)29-11-28-17)20(27)25-21(23-12)30-10-13-3-2-4-14(22)7-13/h2-8,12,16,21,23H,9-11H2,1H3,(H,24,26)(H,25,27). The van der Waals surface area contributed by atoms with Gasteiger partial charge in [0.05, 0.1) is 5.92 Å². The molecule has 1 fully saturated rings. The summed E-state index contributed by atoms with van der Waals surface area (Å²) in [7, 11) is 0. The first-order valence-electron chi connectivity index (χ1n) is 9.60. The molecule has 0 aliphatic carbocycles. The monoisotopic (exact) mass is 447 g/mol. The molecule has 3 unspecified atom stereocenters. The maximum absolute atomic E-state index is 12.6. The van der Waals surface area contributed by atoms with Gasteiger partial charge < -0.3 is 20.1 Å². The van der Waals surface area contributed by atoms with Crippen LogP contribution in [0.5, 0.6) is 11.5 Å². The second-order valence-corrected chi connectivity index (χ2v) is 8.74. The summed E-state index contributed by atoms with van der Waals surface area (Å²) in [5, 5.41) is 9.83. The summed E-state index contributed by atoms with van der Waals surface area (Å²) in [5.41, 5.74) is 1.47. The molecule has 2 amide bonds. The zero-order valence-corrected chi connectivity index (χ0v) is 17.9. The Balaban J connectivity index is 1.29. The minimum absolute atomic E-state index is 0.0835. The van der Waals surface area contributed by atoms with Crippen LogP contribution in [0.25, 0.3) is 0 Å².